The van der Waals surface area contributed by atoms with E-state index in [-0.39, 0.29) is 11.4 Å². The third-order valence-electron chi connectivity index (χ3n) is 5.53. The van der Waals surface area contributed by atoms with Crippen LogP contribution in [0.25, 0.3) is 6.08 Å². The molecule has 0 atom stereocenters. The quantitative estimate of drug-likeness (QED) is 0.194. The monoisotopic (exact) mass is 548 g/mol. The Morgan fingerprint density at radius 3 is 2.33 bits per heavy atom. The van der Waals surface area contributed by atoms with Crippen molar-refractivity contribution >= 4 is 45.7 Å². The van der Waals surface area contributed by atoms with Crippen molar-refractivity contribution in [3.05, 3.63) is 99.2 Å². The van der Waals surface area contributed by atoms with Gasteiger partial charge in [-0.3, -0.25) is 9.59 Å². The van der Waals surface area contributed by atoms with Gasteiger partial charge in [0.2, 0.25) is 0 Å². The zero-order valence-electron chi connectivity index (χ0n) is 20.5. The summed E-state index contributed by atoms with van der Waals surface area (Å²) < 4.78 is 0.773. The molecule has 0 aromatic heterocycles. The Morgan fingerprint density at radius 1 is 1.03 bits per heavy atom. The topological polar surface area (TPSA) is 94.0 Å². The molecule has 186 valence electrons. The van der Waals surface area contributed by atoms with Gasteiger partial charge in [0.25, 0.3) is 11.8 Å². The number of hydrazone groups is 1. The first-order chi connectivity index (χ1) is 17.3. The number of aryl methyl sites for hydroxylation is 1. The number of nitrogens with one attached hydrogen (secondary N) is 2. The van der Waals surface area contributed by atoms with Gasteiger partial charge in [0.15, 0.2) is 0 Å². The van der Waals surface area contributed by atoms with E-state index in [0.29, 0.717) is 16.7 Å². The number of phenolic OH excluding ortho intramolecular Hbond substituents is 1. The molecule has 2 amide bonds. The second-order valence-electron chi connectivity index (χ2n) is 8.00. The normalized spacial score (nSPS) is 11.4. The number of halogens is 1. The fourth-order valence-corrected chi connectivity index (χ4v) is 4.15. The summed E-state index contributed by atoms with van der Waals surface area (Å²) in [4.78, 5) is 28.0. The second kappa shape index (κ2) is 12.7. The smallest absolute Gasteiger partial charge is 0.287 e. The summed E-state index contributed by atoms with van der Waals surface area (Å²) in [5, 5.41) is 16.9. The summed E-state index contributed by atoms with van der Waals surface area (Å²) in [6.45, 7) is 7.72. The molecule has 0 saturated carbocycles. The highest BCUT2D eigenvalue weighted by Crippen LogP contribution is 2.25. The fourth-order valence-electron chi connectivity index (χ4n) is 3.56. The average Bonchev–Trinajstić information content (AvgIpc) is 2.88. The lowest BCUT2D eigenvalue weighted by atomic mass is 10.1. The van der Waals surface area contributed by atoms with Crippen molar-refractivity contribution in [3.63, 3.8) is 0 Å². The first-order valence-corrected chi connectivity index (χ1v) is 12.4. The molecule has 0 heterocycles. The van der Waals surface area contributed by atoms with Crippen LogP contribution in [0.3, 0.4) is 0 Å². The minimum absolute atomic E-state index is 0.0336. The maximum Gasteiger partial charge on any atom is 0.287 e. The minimum Gasteiger partial charge on any atom is -0.507 e. The molecule has 0 aliphatic rings. The molecule has 3 rings (SSSR count). The lowest BCUT2D eigenvalue weighted by molar-refractivity contribution is -0.117. The maximum absolute atomic E-state index is 13.0. The highest BCUT2D eigenvalue weighted by atomic mass is 79.9. The molecule has 7 nitrogen and oxygen atoms in total. The van der Waals surface area contributed by atoms with Crippen molar-refractivity contribution in [2.24, 2.45) is 5.10 Å². The van der Waals surface area contributed by atoms with Gasteiger partial charge >= 0.3 is 0 Å². The third kappa shape index (κ3) is 7.05. The Morgan fingerprint density at radius 2 is 1.69 bits per heavy atom. The average molecular weight is 549 g/mol. The van der Waals surface area contributed by atoms with Crippen LogP contribution in [-0.2, 0) is 4.79 Å². The van der Waals surface area contributed by atoms with Crippen LogP contribution in [0.2, 0.25) is 0 Å². The molecule has 3 aromatic carbocycles. The van der Waals surface area contributed by atoms with Crippen LogP contribution >= 0.6 is 15.9 Å². The maximum atomic E-state index is 13.0. The predicted molar refractivity (Wildman–Crippen MR) is 148 cm³/mol. The van der Waals surface area contributed by atoms with E-state index >= 15 is 0 Å². The summed E-state index contributed by atoms with van der Waals surface area (Å²) >= 11 is 3.38. The highest BCUT2D eigenvalue weighted by Gasteiger charge is 2.15. The molecule has 8 heteroatoms. The molecule has 0 bridgehead atoms. The number of anilines is 1. The SMILES string of the molecule is CCN(CC)c1ccc(/C=C(/NC(=O)c2ccccc2)C(=O)N/N=C/c2cc(Br)cc(C)c2O)cc1. The molecule has 36 heavy (non-hydrogen) atoms. The minimum atomic E-state index is -0.602. The number of benzene rings is 3. The molecule has 0 saturated heterocycles. The highest BCUT2D eigenvalue weighted by molar-refractivity contribution is 9.10. The molecule has 0 aliphatic carbocycles. The Balaban J connectivity index is 1.85. The van der Waals surface area contributed by atoms with Gasteiger partial charge in [-0.25, -0.2) is 5.43 Å². The van der Waals surface area contributed by atoms with Gasteiger partial charge in [-0.2, -0.15) is 5.10 Å². The van der Waals surface area contributed by atoms with Gasteiger partial charge in [0, 0.05) is 34.4 Å². The molecule has 0 radical (unpaired) electrons. The van der Waals surface area contributed by atoms with Gasteiger partial charge in [-0.05, 0) is 74.4 Å². The lowest BCUT2D eigenvalue weighted by Gasteiger charge is -2.21. The Bertz CT molecular complexity index is 1270. The zero-order valence-corrected chi connectivity index (χ0v) is 22.0. The Labute approximate surface area is 219 Å². The molecular formula is C28H29BrN4O3. The van der Waals surface area contributed by atoms with E-state index in [1.165, 1.54) is 6.21 Å². The van der Waals surface area contributed by atoms with Crippen LogP contribution in [0.4, 0.5) is 5.69 Å². The second-order valence-corrected chi connectivity index (χ2v) is 8.92. The van der Waals surface area contributed by atoms with Gasteiger partial charge in [-0.15, -0.1) is 0 Å². The van der Waals surface area contributed by atoms with E-state index in [2.05, 4.69) is 50.5 Å². The van der Waals surface area contributed by atoms with E-state index in [4.69, 9.17) is 0 Å². The number of carbonyl (C=O) groups is 2. The summed E-state index contributed by atoms with van der Waals surface area (Å²) in [5.41, 5.74) is 5.82. The van der Waals surface area contributed by atoms with Crippen LogP contribution in [0.1, 0.15) is 40.9 Å². The van der Waals surface area contributed by atoms with Crippen LogP contribution < -0.4 is 15.6 Å². The van der Waals surface area contributed by atoms with Crippen LogP contribution in [0.5, 0.6) is 5.75 Å². The number of rotatable bonds is 9. The van der Waals surface area contributed by atoms with E-state index in [0.717, 1.165) is 28.8 Å². The molecule has 0 spiro atoms. The molecule has 3 aromatic rings. The Kier molecular flexibility index (Phi) is 9.41. The third-order valence-corrected chi connectivity index (χ3v) is 5.98. The van der Waals surface area contributed by atoms with E-state index in [1.54, 1.807) is 49.4 Å². The summed E-state index contributed by atoms with van der Waals surface area (Å²) in [7, 11) is 0. The first-order valence-electron chi connectivity index (χ1n) is 11.6. The molecule has 0 fully saturated rings. The predicted octanol–water partition coefficient (Wildman–Crippen LogP) is 5.23. The van der Waals surface area contributed by atoms with Crippen LogP contribution in [0.15, 0.2) is 82.0 Å². The molecular weight excluding hydrogens is 520 g/mol. The van der Waals surface area contributed by atoms with Gasteiger partial charge < -0.3 is 15.3 Å². The van der Waals surface area contributed by atoms with Crippen molar-refractivity contribution in [1.29, 1.82) is 0 Å². The number of nitrogens with zero attached hydrogens (tertiary/aromatic N) is 2. The van der Waals surface area contributed by atoms with Crippen LogP contribution in [0, 0.1) is 6.92 Å². The zero-order chi connectivity index (χ0) is 26.1. The van der Waals surface area contributed by atoms with Gasteiger partial charge in [-0.1, -0.05) is 46.3 Å². The summed E-state index contributed by atoms with van der Waals surface area (Å²) in [6.07, 6.45) is 2.94. The largest absolute Gasteiger partial charge is 0.507 e. The Hall–Kier alpha value is -3.91. The van der Waals surface area contributed by atoms with Gasteiger partial charge in [0.05, 0.1) is 6.21 Å². The van der Waals surface area contributed by atoms with E-state index in [9.17, 15) is 14.7 Å². The van der Waals surface area contributed by atoms with Crippen molar-refractivity contribution in [3.8, 4) is 5.75 Å². The lowest BCUT2D eigenvalue weighted by Crippen LogP contribution is -2.32. The van der Waals surface area contributed by atoms with Crippen molar-refractivity contribution in [2.75, 3.05) is 18.0 Å². The fraction of sp³-hybridized carbons (Fsp3) is 0.179. The van der Waals surface area contributed by atoms with E-state index in [1.807, 2.05) is 30.3 Å². The number of hydrogen-bond acceptors (Lipinski definition) is 5. The van der Waals surface area contributed by atoms with Crippen molar-refractivity contribution in [1.82, 2.24) is 10.7 Å². The van der Waals surface area contributed by atoms with Gasteiger partial charge in [0.1, 0.15) is 11.4 Å². The molecule has 0 unspecified atom stereocenters. The standard InChI is InChI=1S/C28H29BrN4O3/c1-4-33(5-2)24-13-11-20(12-14-24)16-25(31-27(35)21-9-7-6-8-10-21)28(36)32-30-18-22-17-23(29)15-19(3)26(22)34/h6-18,34H,4-5H2,1-3H3,(H,31,35)(H,32,36)/b25-16+,30-18+. The number of aromatic hydroxyl groups is 1. The summed E-state index contributed by atoms with van der Waals surface area (Å²) in [5.74, 6) is -0.951. The van der Waals surface area contributed by atoms with Crippen LogP contribution in [-0.4, -0.2) is 36.2 Å². The number of hydrogen-bond donors (Lipinski definition) is 3. The van der Waals surface area contributed by atoms with Crippen molar-refractivity contribution in [2.45, 2.75) is 20.8 Å². The summed E-state index contributed by atoms with van der Waals surface area (Å²) in [6, 6.07) is 19.8. The number of amides is 2. The molecule has 0 aliphatic heterocycles. The number of phenols is 1. The first kappa shape index (κ1) is 26.7. The number of carbonyl (C=O) groups excluding carboxylic acids is 2. The van der Waals surface area contributed by atoms with Crippen molar-refractivity contribution < 1.29 is 14.7 Å². The van der Waals surface area contributed by atoms with E-state index < -0.39 is 11.8 Å². The molecule has 3 N–H and O–H groups in total.